The molecule has 0 bridgehead atoms. The molecule has 0 fully saturated rings. The molecule has 2 heterocycles. The molecular formula is C13H18N2O3. The Bertz CT molecular complexity index is 466. The minimum absolute atomic E-state index is 0.386. The van der Waals surface area contributed by atoms with E-state index in [1.54, 1.807) is 6.20 Å². The number of carbonyl (C=O) groups excluding carboxylic acids is 1. The summed E-state index contributed by atoms with van der Waals surface area (Å²) in [6.45, 7) is 8.37. The molecular weight excluding hydrogens is 232 g/mol. The van der Waals surface area contributed by atoms with E-state index in [0.717, 1.165) is 5.56 Å². The second kappa shape index (κ2) is 4.48. The third-order valence-electron chi connectivity index (χ3n) is 2.41. The first kappa shape index (κ1) is 12.7. The smallest absolute Gasteiger partial charge is 0.416 e. The standard InChI is InChI=1S/C13H18N2O3/c1-9-7-10-11(14-8-9)15(5-6-17-10)12(16)18-13(2,3)4/h7-8H,5-6H2,1-4H3. The van der Waals surface area contributed by atoms with E-state index in [-0.39, 0.29) is 6.09 Å². The van der Waals surface area contributed by atoms with Crippen LogP contribution in [0.25, 0.3) is 0 Å². The first-order chi connectivity index (χ1) is 8.37. The molecule has 0 saturated carbocycles. The van der Waals surface area contributed by atoms with E-state index in [4.69, 9.17) is 9.47 Å². The fourth-order valence-corrected chi connectivity index (χ4v) is 1.69. The summed E-state index contributed by atoms with van der Waals surface area (Å²) >= 11 is 0. The van der Waals surface area contributed by atoms with Gasteiger partial charge in [0.2, 0.25) is 0 Å². The topological polar surface area (TPSA) is 51.7 Å². The largest absolute Gasteiger partial charge is 0.488 e. The summed E-state index contributed by atoms with van der Waals surface area (Å²) in [7, 11) is 0. The van der Waals surface area contributed by atoms with Gasteiger partial charge in [-0.1, -0.05) is 0 Å². The normalized spacial score (nSPS) is 14.8. The lowest BCUT2D eigenvalue weighted by Gasteiger charge is -2.30. The number of aromatic nitrogens is 1. The molecule has 2 rings (SSSR count). The number of aryl methyl sites for hydroxylation is 1. The molecule has 18 heavy (non-hydrogen) atoms. The molecule has 0 N–H and O–H groups in total. The average molecular weight is 250 g/mol. The van der Waals surface area contributed by atoms with Crippen LogP contribution in [0.1, 0.15) is 26.3 Å². The number of anilines is 1. The van der Waals surface area contributed by atoms with E-state index in [9.17, 15) is 4.79 Å². The summed E-state index contributed by atoms with van der Waals surface area (Å²) in [6, 6.07) is 1.87. The molecule has 0 aromatic carbocycles. The van der Waals surface area contributed by atoms with Gasteiger partial charge in [0.1, 0.15) is 12.2 Å². The number of carbonyl (C=O) groups is 1. The van der Waals surface area contributed by atoms with E-state index >= 15 is 0 Å². The highest BCUT2D eigenvalue weighted by molar-refractivity contribution is 5.88. The van der Waals surface area contributed by atoms with Crippen molar-refractivity contribution in [2.45, 2.75) is 33.3 Å². The van der Waals surface area contributed by atoms with Crippen LogP contribution in [0, 0.1) is 6.92 Å². The Balaban J connectivity index is 2.25. The van der Waals surface area contributed by atoms with E-state index in [2.05, 4.69) is 4.98 Å². The quantitative estimate of drug-likeness (QED) is 0.710. The molecule has 1 amide bonds. The van der Waals surface area contributed by atoms with Gasteiger partial charge in [0.15, 0.2) is 11.6 Å². The molecule has 1 aromatic rings. The van der Waals surface area contributed by atoms with Crippen molar-refractivity contribution in [1.82, 2.24) is 4.98 Å². The lowest BCUT2D eigenvalue weighted by Crippen LogP contribution is -2.42. The van der Waals surface area contributed by atoms with Crippen LogP contribution in [0.4, 0.5) is 10.6 Å². The maximum Gasteiger partial charge on any atom is 0.416 e. The van der Waals surface area contributed by atoms with Crippen LogP contribution >= 0.6 is 0 Å². The van der Waals surface area contributed by atoms with Crippen LogP contribution in [0.15, 0.2) is 12.3 Å². The van der Waals surface area contributed by atoms with Crippen molar-refractivity contribution in [1.29, 1.82) is 0 Å². The Labute approximate surface area is 107 Å². The summed E-state index contributed by atoms with van der Waals surface area (Å²) in [5.41, 5.74) is 0.486. The van der Waals surface area contributed by atoms with Gasteiger partial charge in [0.05, 0.1) is 6.54 Å². The average Bonchev–Trinajstić information content (AvgIpc) is 2.25. The van der Waals surface area contributed by atoms with Crippen molar-refractivity contribution in [3.8, 4) is 5.75 Å². The second-order valence-corrected chi connectivity index (χ2v) is 5.31. The Kier molecular flexibility index (Phi) is 3.15. The van der Waals surface area contributed by atoms with Crippen LogP contribution < -0.4 is 9.64 Å². The number of rotatable bonds is 0. The van der Waals surface area contributed by atoms with Crippen molar-refractivity contribution < 1.29 is 14.3 Å². The van der Waals surface area contributed by atoms with Gasteiger partial charge in [-0.15, -0.1) is 0 Å². The lowest BCUT2D eigenvalue weighted by molar-refractivity contribution is 0.0566. The van der Waals surface area contributed by atoms with Gasteiger partial charge in [-0.05, 0) is 39.3 Å². The van der Waals surface area contributed by atoms with Gasteiger partial charge >= 0.3 is 6.09 Å². The number of ether oxygens (including phenoxy) is 2. The lowest BCUT2D eigenvalue weighted by atomic mass is 10.2. The molecule has 1 aromatic heterocycles. The number of nitrogens with zero attached hydrogens (tertiary/aromatic N) is 2. The van der Waals surface area contributed by atoms with Crippen molar-refractivity contribution in [2.75, 3.05) is 18.1 Å². The fraction of sp³-hybridized carbons (Fsp3) is 0.538. The zero-order chi connectivity index (χ0) is 13.3. The van der Waals surface area contributed by atoms with Crippen molar-refractivity contribution in [3.05, 3.63) is 17.8 Å². The van der Waals surface area contributed by atoms with Crippen LogP contribution in [-0.2, 0) is 4.74 Å². The van der Waals surface area contributed by atoms with Gasteiger partial charge < -0.3 is 9.47 Å². The molecule has 1 aliphatic heterocycles. The van der Waals surface area contributed by atoms with E-state index in [1.165, 1.54) is 4.90 Å². The van der Waals surface area contributed by atoms with Gasteiger partial charge in [-0.25, -0.2) is 9.78 Å². The fourth-order valence-electron chi connectivity index (χ4n) is 1.69. The molecule has 5 nitrogen and oxygen atoms in total. The third kappa shape index (κ3) is 2.72. The third-order valence-corrected chi connectivity index (χ3v) is 2.41. The molecule has 0 aliphatic carbocycles. The monoisotopic (exact) mass is 250 g/mol. The Morgan fingerprint density at radius 1 is 1.50 bits per heavy atom. The molecule has 5 heteroatoms. The number of pyridine rings is 1. The first-order valence-electron chi connectivity index (χ1n) is 5.97. The molecule has 1 aliphatic rings. The SMILES string of the molecule is Cc1cnc2c(c1)OCCN2C(=O)OC(C)(C)C. The highest BCUT2D eigenvalue weighted by atomic mass is 16.6. The maximum atomic E-state index is 12.1. The Morgan fingerprint density at radius 3 is 2.89 bits per heavy atom. The van der Waals surface area contributed by atoms with Crippen LogP contribution in [0.3, 0.4) is 0 Å². The van der Waals surface area contributed by atoms with E-state index in [1.807, 2.05) is 33.8 Å². The molecule has 0 saturated heterocycles. The van der Waals surface area contributed by atoms with Gasteiger partial charge in [-0.3, -0.25) is 4.90 Å². The van der Waals surface area contributed by atoms with Gasteiger partial charge in [0, 0.05) is 6.20 Å². The maximum absolute atomic E-state index is 12.1. The summed E-state index contributed by atoms with van der Waals surface area (Å²) in [6.07, 6.45) is 1.33. The van der Waals surface area contributed by atoms with E-state index in [0.29, 0.717) is 24.7 Å². The summed E-state index contributed by atoms with van der Waals surface area (Å²) < 4.78 is 10.9. The molecule has 0 spiro atoms. The number of fused-ring (bicyclic) bond motifs is 1. The Hall–Kier alpha value is -1.78. The van der Waals surface area contributed by atoms with Gasteiger partial charge in [0.25, 0.3) is 0 Å². The molecule has 0 radical (unpaired) electrons. The predicted octanol–water partition coefficient (Wildman–Crippen LogP) is 2.52. The number of hydrogen-bond donors (Lipinski definition) is 0. The predicted molar refractivity (Wildman–Crippen MR) is 68.0 cm³/mol. The minimum atomic E-state index is -0.514. The van der Waals surface area contributed by atoms with Crippen molar-refractivity contribution in [3.63, 3.8) is 0 Å². The summed E-state index contributed by atoms with van der Waals surface area (Å²) in [5, 5.41) is 0. The van der Waals surface area contributed by atoms with E-state index < -0.39 is 5.60 Å². The summed E-state index contributed by atoms with van der Waals surface area (Å²) in [4.78, 5) is 17.8. The zero-order valence-corrected chi connectivity index (χ0v) is 11.2. The zero-order valence-electron chi connectivity index (χ0n) is 11.2. The highest BCUT2D eigenvalue weighted by Gasteiger charge is 2.29. The molecule has 0 atom stereocenters. The first-order valence-corrected chi connectivity index (χ1v) is 5.97. The number of amides is 1. The van der Waals surface area contributed by atoms with Crippen LogP contribution in [-0.4, -0.2) is 29.8 Å². The van der Waals surface area contributed by atoms with Crippen LogP contribution in [0.2, 0.25) is 0 Å². The molecule has 0 unspecified atom stereocenters. The second-order valence-electron chi connectivity index (χ2n) is 5.31. The Morgan fingerprint density at radius 2 is 2.22 bits per heavy atom. The van der Waals surface area contributed by atoms with Crippen LogP contribution in [0.5, 0.6) is 5.75 Å². The van der Waals surface area contributed by atoms with Crippen molar-refractivity contribution in [2.24, 2.45) is 0 Å². The minimum Gasteiger partial charge on any atom is -0.488 e. The number of hydrogen-bond acceptors (Lipinski definition) is 4. The summed E-state index contributed by atoms with van der Waals surface area (Å²) in [5.74, 6) is 1.16. The van der Waals surface area contributed by atoms with Gasteiger partial charge in [-0.2, -0.15) is 0 Å². The van der Waals surface area contributed by atoms with Crippen molar-refractivity contribution >= 4 is 11.9 Å². The highest BCUT2D eigenvalue weighted by Crippen LogP contribution is 2.30. The molecule has 98 valence electrons.